The summed E-state index contributed by atoms with van der Waals surface area (Å²) >= 11 is 1.99. The fraction of sp³-hybridized carbons (Fsp3) is 0.500. The first-order valence-corrected chi connectivity index (χ1v) is 7.51. The molecule has 0 spiro atoms. The number of hydrogen-bond acceptors (Lipinski definition) is 3. The molecule has 1 unspecified atom stereocenters. The first kappa shape index (κ1) is 11.9. The van der Waals surface area contributed by atoms with Gasteiger partial charge in [0.05, 0.1) is 0 Å². The maximum atomic E-state index is 4.34. The van der Waals surface area contributed by atoms with Gasteiger partial charge in [-0.3, -0.25) is 0 Å². The van der Waals surface area contributed by atoms with Crippen molar-refractivity contribution in [2.75, 3.05) is 6.54 Å². The zero-order chi connectivity index (χ0) is 12.4. The number of hydrogen-bond donors (Lipinski definition) is 2. The Morgan fingerprint density at radius 3 is 3.17 bits per heavy atom. The van der Waals surface area contributed by atoms with E-state index in [1.54, 1.807) is 10.4 Å². The van der Waals surface area contributed by atoms with Crippen molar-refractivity contribution < 1.29 is 0 Å². The molecule has 0 fully saturated rings. The highest BCUT2D eigenvalue weighted by Gasteiger charge is 2.20. The predicted octanol–water partition coefficient (Wildman–Crippen LogP) is 2.85. The molecule has 96 valence electrons. The topological polar surface area (TPSA) is 40.7 Å². The third-order valence-corrected chi connectivity index (χ3v) is 4.86. The van der Waals surface area contributed by atoms with Gasteiger partial charge in [0.15, 0.2) is 0 Å². The number of rotatable bonds is 5. The third-order valence-electron chi connectivity index (χ3n) is 3.51. The van der Waals surface area contributed by atoms with E-state index in [9.17, 15) is 0 Å². The molecule has 2 aromatic rings. The molecule has 1 atom stereocenters. The quantitative estimate of drug-likeness (QED) is 0.869. The maximum absolute atomic E-state index is 4.34. The Morgan fingerprint density at radius 1 is 1.50 bits per heavy atom. The summed E-state index contributed by atoms with van der Waals surface area (Å²) in [6.07, 6.45) is 8.55. The van der Waals surface area contributed by atoms with Gasteiger partial charge in [0.1, 0.15) is 5.82 Å². The minimum absolute atomic E-state index is 0.400. The molecular formula is C14H19N3S. The molecule has 0 amide bonds. The van der Waals surface area contributed by atoms with E-state index in [0.29, 0.717) is 6.04 Å². The highest BCUT2D eigenvalue weighted by Crippen LogP contribution is 2.34. The summed E-state index contributed by atoms with van der Waals surface area (Å²) in [7, 11) is 0. The molecule has 3 rings (SSSR count). The van der Waals surface area contributed by atoms with Crippen LogP contribution in [0.2, 0.25) is 0 Å². The fourth-order valence-corrected chi connectivity index (χ4v) is 3.98. The molecule has 3 nitrogen and oxygen atoms in total. The Balaban J connectivity index is 1.79. The van der Waals surface area contributed by atoms with E-state index in [0.717, 1.165) is 18.8 Å². The molecule has 18 heavy (non-hydrogen) atoms. The minimum atomic E-state index is 0.400. The fourth-order valence-electron chi connectivity index (χ4n) is 2.65. The van der Waals surface area contributed by atoms with Crippen LogP contribution in [0.15, 0.2) is 18.5 Å². The van der Waals surface area contributed by atoms with Gasteiger partial charge in [-0.25, -0.2) is 4.98 Å². The first-order chi connectivity index (χ1) is 8.86. The second-order valence-electron chi connectivity index (χ2n) is 4.80. The van der Waals surface area contributed by atoms with Gasteiger partial charge in [0.25, 0.3) is 0 Å². The largest absolute Gasteiger partial charge is 0.349 e. The molecule has 2 aromatic heterocycles. The molecule has 2 N–H and O–H groups in total. The van der Waals surface area contributed by atoms with Crippen LogP contribution in [-0.4, -0.2) is 16.5 Å². The van der Waals surface area contributed by atoms with Crippen LogP contribution in [0.5, 0.6) is 0 Å². The van der Waals surface area contributed by atoms with Crippen LogP contribution in [0.25, 0.3) is 0 Å². The van der Waals surface area contributed by atoms with Gasteiger partial charge in [0.2, 0.25) is 0 Å². The van der Waals surface area contributed by atoms with Gasteiger partial charge in [0, 0.05) is 34.6 Å². The van der Waals surface area contributed by atoms with Gasteiger partial charge in [-0.1, -0.05) is 6.92 Å². The summed E-state index contributed by atoms with van der Waals surface area (Å²) in [5.74, 6) is 1.06. The van der Waals surface area contributed by atoms with Crippen molar-refractivity contribution in [2.24, 2.45) is 0 Å². The van der Waals surface area contributed by atoms with E-state index in [1.165, 1.54) is 24.1 Å². The maximum Gasteiger partial charge on any atom is 0.107 e. The molecule has 0 radical (unpaired) electrons. The van der Waals surface area contributed by atoms with Crippen molar-refractivity contribution in [3.05, 3.63) is 39.6 Å². The molecule has 0 aliphatic heterocycles. The Bertz CT molecular complexity index is 480. The standard InChI is InChI=1S/C14H19N3S/c1-2-15-11(9-14-16-6-7-17-14)13-8-10-4-3-5-12(10)18-13/h6-8,11,15H,2-5,9H2,1H3,(H,16,17). The molecule has 0 bridgehead atoms. The van der Waals surface area contributed by atoms with Gasteiger partial charge in [-0.2, -0.15) is 0 Å². The lowest BCUT2D eigenvalue weighted by Gasteiger charge is -2.15. The van der Waals surface area contributed by atoms with Gasteiger partial charge >= 0.3 is 0 Å². The number of thiophene rings is 1. The number of likely N-dealkylation sites (N-methyl/N-ethyl adjacent to an activating group) is 1. The molecule has 4 heteroatoms. The smallest absolute Gasteiger partial charge is 0.107 e. The van der Waals surface area contributed by atoms with Crippen LogP contribution in [0, 0.1) is 0 Å². The van der Waals surface area contributed by atoms with E-state index in [-0.39, 0.29) is 0 Å². The van der Waals surface area contributed by atoms with E-state index in [1.807, 2.05) is 23.7 Å². The second kappa shape index (κ2) is 5.24. The lowest BCUT2D eigenvalue weighted by molar-refractivity contribution is 0.547. The van der Waals surface area contributed by atoms with Crippen molar-refractivity contribution in [3.63, 3.8) is 0 Å². The SMILES string of the molecule is CCNC(Cc1ncc[nH]1)c1cc2c(s1)CCC2. The normalized spacial score (nSPS) is 15.8. The molecule has 1 aliphatic rings. The monoisotopic (exact) mass is 261 g/mol. The summed E-state index contributed by atoms with van der Waals surface area (Å²) < 4.78 is 0. The Labute approximate surface area is 112 Å². The van der Waals surface area contributed by atoms with Crippen LogP contribution in [-0.2, 0) is 19.3 Å². The summed E-state index contributed by atoms with van der Waals surface area (Å²) in [6.45, 7) is 3.16. The number of H-pyrrole nitrogens is 1. The minimum Gasteiger partial charge on any atom is -0.349 e. The van der Waals surface area contributed by atoms with Crippen LogP contribution in [0.3, 0.4) is 0 Å². The zero-order valence-corrected chi connectivity index (χ0v) is 11.5. The summed E-state index contributed by atoms with van der Waals surface area (Å²) in [5, 5.41) is 3.58. The molecule has 0 aromatic carbocycles. The lowest BCUT2D eigenvalue weighted by atomic mass is 10.1. The Kier molecular flexibility index (Phi) is 3.48. The highest BCUT2D eigenvalue weighted by atomic mass is 32.1. The van der Waals surface area contributed by atoms with Gasteiger partial charge in [-0.05, 0) is 37.4 Å². The van der Waals surface area contributed by atoms with Crippen molar-refractivity contribution in [2.45, 2.75) is 38.6 Å². The van der Waals surface area contributed by atoms with Crippen molar-refractivity contribution in [3.8, 4) is 0 Å². The van der Waals surface area contributed by atoms with E-state index in [4.69, 9.17) is 0 Å². The zero-order valence-electron chi connectivity index (χ0n) is 10.7. The number of aromatic nitrogens is 2. The summed E-state index contributed by atoms with van der Waals surface area (Å²) in [5.41, 5.74) is 1.58. The average Bonchev–Trinajstić information content (AvgIpc) is 3.04. The Hall–Kier alpha value is -1.13. The second-order valence-corrected chi connectivity index (χ2v) is 5.97. The molecule has 0 saturated carbocycles. The molecule has 2 heterocycles. The van der Waals surface area contributed by atoms with Crippen molar-refractivity contribution in [1.82, 2.24) is 15.3 Å². The third kappa shape index (κ3) is 2.35. The summed E-state index contributed by atoms with van der Waals surface area (Å²) in [6, 6.07) is 2.81. The highest BCUT2D eigenvalue weighted by molar-refractivity contribution is 7.12. The van der Waals surface area contributed by atoms with Crippen LogP contribution in [0.4, 0.5) is 0 Å². The first-order valence-electron chi connectivity index (χ1n) is 6.70. The van der Waals surface area contributed by atoms with Gasteiger partial charge < -0.3 is 10.3 Å². The number of aromatic amines is 1. The van der Waals surface area contributed by atoms with Gasteiger partial charge in [-0.15, -0.1) is 11.3 Å². The van der Waals surface area contributed by atoms with Crippen molar-refractivity contribution in [1.29, 1.82) is 0 Å². The van der Waals surface area contributed by atoms with Crippen LogP contribution >= 0.6 is 11.3 Å². The molecule has 1 aliphatic carbocycles. The number of aryl methyl sites for hydroxylation is 2. The molecule has 0 saturated heterocycles. The van der Waals surface area contributed by atoms with Crippen LogP contribution in [0.1, 0.15) is 40.5 Å². The number of nitrogens with one attached hydrogen (secondary N) is 2. The van der Waals surface area contributed by atoms with E-state index >= 15 is 0 Å². The molecular weight excluding hydrogens is 242 g/mol. The number of fused-ring (bicyclic) bond motifs is 1. The van der Waals surface area contributed by atoms with Crippen molar-refractivity contribution >= 4 is 11.3 Å². The summed E-state index contributed by atoms with van der Waals surface area (Å²) in [4.78, 5) is 10.6. The Morgan fingerprint density at radius 2 is 2.44 bits per heavy atom. The lowest BCUT2D eigenvalue weighted by Crippen LogP contribution is -2.22. The number of nitrogens with zero attached hydrogens (tertiary/aromatic N) is 1. The average molecular weight is 261 g/mol. The predicted molar refractivity (Wildman–Crippen MR) is 75.1 cm³/mol. The number of imidazole rings is 1. The van der Waals surface area contributed by atoms with Crippen LogP contribution < -0.4 is 5.32 Å². The van der Waals surface area contributed by atoms with E-state index < -0.39 is 0 Å². The van der Waals surface area contributed by atoms with E-state index in [2.05, 4.69) is 28.3 Å².